The Morgan fingerprint density at radius 3 is 2.68 bits per heavy atom. The van der Waals surface area contributed by atoms with Crippen LogP contribution in [-0.2, 0) is 0 Å². The molecule has 102 valence electrons. The molecule has 0 aliphatic heterocycles. The predicted octanol–water partition coefficient (Wildman–Crippen LogP) is 2.96. The average Bonchev–Trinajstić information content (AvgIpc) is 2.36. The molecular weight excluding hydrogens is 234 g/mol. The summed E-state index contributed by atoms with van der Waals surface area (Å²) in [6.45, 7) is 9.09. The molecule has 0 saturated carbocycles. The van der Waals surface area contributed by atoms with Crippen molar-refractivity contribution in [3.05, 3.63) is 36.0 Å². The predicted molar refractivity (Wildman–Crippen MR) is 82.6 cm³/mol. The summed E-state index contributed by atoms with van der Waals surface area (Å²) in [6, 6.07) is 10.5. The van der Waals surface area contributed by atoms with Crippen LogP contribution in [0.15, 0.2) is 30.3 Å². The van der Waals surface area contributed by atoms with Crippen LogP contribution in [-0.4, -0.2) is 24.6 Å². The van der Waals surface area contributed by atoms with Gasteiger partial charge in [-0.3, -0.25) is 4.98 Å². The molecule has 0 aliphatic rings. The summed E-state index contributed by atoms with van der Waals surface area (Å²) >= 11 is 0. The number of nitrogens with zero attached hydrogens (tertiary/aromatic N) is 2. The quantitative estimate of drug-likeness (QED) is 0.895. The summed E-state index contributed by atoms with van der Waals surface area (Å²) in [5.41, 5.74) is 9.13. The Morgan fingerprint density at radius 1 is 1.26 bits per heavy atom. The van der Waals surface area contributed by atoms with Gasteiger partial charge in [-0.25, -0.2) is 0 Å². The van der Waals surface area contributed by atoms with E-state index in [1.54, 1.807) is 0 Å². The van der Waals surface area contributed by atoms with E-state index in [-0.39, 0.29) is 0 Å². The van der Waals surface area contributed by atoms with Gasteiger partial charge in [-0.05, 0) is 25.0 Å². The Kier molecular flexibility index (Phi) is 4.38. The molecule has 0 fully saturated rings. The van der Waals surface area contributed by atoms with Crippen LogP contribution >= 0.6 is 0 Å². The van der Waals surface area contributed by atoms with Gasteiger partial charge >= 0.3 is 0 Å². The largest absolute Gasteiger partial charge is 0.369 e. The van der Waals surface area contributed by atoms with E-state index in [9.17, 15) is 0 Å². The highest BCUT2D eigenvalue weighted by atomic mass is 15.1. The number of aryl methyl sites for hydroxylation is 1. The molecule has 0 radical (unpaired) electrons. The van der Waals surface area contributed by atoms with Crippen LogP contribution in [0.3, 0.4) is 0 Å². The van der Waals surface area contributed by atoms with Gasteiger partial charge in [0, 0.05) is 36.4 Å². The Hall–Kier alpha value is -1.61. The van der Waals surface area contributed by atoms with Crippen LogP contribution < -0.4 is 10.6 Å². The molecule has 0 amide bonds. The number of pyridine rings is 1. The Labute approximate surface area is 115 Å². The third-order valence-corrected chi connectivity index (χ3v) is 3.15. The fraction of sp³-hybridized carbons (Fsp3) is 0.438. The van der Waals surface area contributed by atoms with Crippen LogP contribution in [0.4, 0.5) is 5.69 Å². The summed E-state index contributed by atoms with van der Waals surface area (Å²) in [5, 5.41) is 1.21. The molecule has 1 heterocycles. The molecule has 0 unspecified atom stereocenters. The molecule has 1 aromatic carbocycles. The molecule has 0 saturated heterocycles. The van der Waals surface area contributed by atoms with Crippen molar-refractivity contribution in [2.75, 3.05) is 24.5 Å². The minimum Gasteiger partial charge on any atom is -0.369 e. The molecule has 0 bridgehead atoms. The number of hydrogen-bond acceptors (Lipinski definition) is 3. The number of anilines is 1. The molecule has 0 atom stereocenters. The van der Waals surface area contributed by atoms with Crippen molar-refractivity contribution in [2.24, 2.45) is 11.7 Å². The number of benzene rings is 1. The van der Waals surface area contributed by atoms with Crippen molar-refractivity contribution in [2.45, 2.75) is 20.8 Å². The van der Waals surface area contributed by atoms with E-state index in [0.29, 0.717) is 12.5 Å². The monoisotopic (exact) mass is 257 g/mol. The van der Waals surface area contributed by atoms with Crippen molar-refractivity contribution in [1.82, 2.24) is 4.98 Å². The zero-order valence-electron chi connectivity index (χ0n) is 12.1. The highest BCUT2D eigenvalue weighted by Gasteiger charge is 2.12. The molecule has 2 N–H and O–H groups in total. The maximum Gasteiger partial charge on any atom is 0.0726 e. The van der Waals surface area contributed by atoms with Crippen LogP contribution in [0.2, 0.25) is 0 Å². The van der Waals surface area contributed by atoms with Gasteiger partial charge in [0.1, 0.15) is 0 Å². The van der Waals surface area contributed by atoms with E-state index in [0.717, 1.165) is 24.3 Å². The SMILES string of the molecule is Cc1cc(N(CCN)CC(C)C)c2ccccc2n1. The summed E-state index contributed by atoms with van der Waals surface area (Å²) in [4.78, 5) is 6.98. The van der Waals surface area contributed by atoms with Crippen molar-refractivity contribution in [3.63, 3.8) is 0 Å². The lowest BCUT2D eigenvalue weighted by Crippen LogP contribution is -2.32. The van der Waals surface area contributed by atoms with Gasteiger partial charge in [-0.1, -0.05) is 32.0 Å². The second-order valence-corrected chi connectivity index (χ2v) is 5.43. The third-order valence-electron chi connectivity index (χ3n) is 3.15. The molecule has 2 aromatic rings. The van der Waals surface area contributed by atoms with Crippen LogP contribution in [0.5, 0.6) is 0 Å². The smallest absolute Gasteiger partial charge is 0.0726 e. The second kappa shape index (κ2) is 6.02. The molecule has 2 rings (SSSR count). The maximum atomic E-state index is 5.77. The molecular formula is C16H23N3. The first-order valence-corrected chi connectivity index (χ1v) is 6.93. The summed E-state index contributed by atoms with van der Waals surface area (Å²) in [6.07, 6.45) is 0. The molecule has 3 nitrogen and oxygen atoms in total. The third kappa shape index (κ3) is 3.24. The Balaban J connectivity index is 2.51. The first kappa shape index (κ1) is 13.8. The van der Waals surface area contributed by atoms with Crippen molar-refractivity contribution >= 4 is 16.6 Å². The molecule has 1 aromatic heterocycles. The standard InChI is InChI=1S/C16H23N3/c1-12(2)11-19(9-8-17)16-10-13(3)18-15-7-5-4-6-14(15)16/h4-7,10,12H,8-9,11,17H2,1-3H3. The highest BCUT2D eigenvalue weighted by molar-refractivity contribution is 5.91. The number of hydrogen-bond donors (Lipinski definition) is 1. The summed E-state index contributed by atoms with van der Waals surface area (Å²) < 4.78 is 0. The van der Waals surface area contributed by atoms with Gasteiger partial charge in [0.25, 0.3) is 0 Å². The number of para-hydroxylation sites is 1. The van der Waals surface area contributed by atoms with E-state index < -0.39 is 0 Å². The van der Waals surface area contributed by atoms with Gasteiger partial charge in [0.2, 0.25) is 0 Å². The van der Waals surface area contributed by atoms with Crippen LogP contribution in [0, 0.1) is 12.8 Å². The normalized spacial score (nSPS) is 11.2. The minimum absolute atomic E-state index is 0.610. The van der Waals surface area contributed by atoms with Gasteiger partial charge in [0.05, 0.1) is 5.52 Å². The van der Waals surface area contributed by atoms with E-state index in [1.165, 1.54) is 11.1 Å². The first-order valence-electron chi connectivity index (χ1n) is 6.93. The number of rotatable bonds is 5. The first-order chi connectivity index (χ1) is 9.11. The van der Waals surface area contributed by atoms with Gasteiger partial charge < -0.3 is 10.6 Å². The average molecular weight is 257 g/mol. The van der Waals surface area contributed by atoms with Gasteiger partial charge in [0.15, 0.2) is 0 Å². The lowest BCUT2D eigenvalue weighted by molar-refractivity contribution is 0.612. The Bertz CT molecular complexity index is 549. The molecule has 0 aliphatic carbocycles. The Morgan fingerprint density at radius 2 is 2.00 bits per heavy atom. The van der Waals surface area contributed by atoms with Crippen molar-refractivity contribution in [1.29, 1.82) is 0 Å². The van der Waals surface area contributed by atoms with Crippen molar-refractivity contribution < 1.29 is 0 Å². The van der Waals surface area contributed by atoms with E-state index in [1.807, 2.05) is 13.0 Å². The zero-order valence-corrected chi connectivity index (χ0v) is 12.1. The number of aromatic nitrogens is 1. The van der Waals surface area contributed by atoms with Crippen molar-refractivity contribution in [3.8, 4) is 0 Å². The topological polar surface area (TPSA) is 42.1 Å². The number of fused-ring (bicyclic) bond motifs is 1. The van der Waals surface area contributed by atoms with Gasteiger partial charge in [-0.2, -0.15) is 0 Å². The molecule has 19 heavy (non-hydrogen) atoms. The minimum atomic E-state index is 0.610. The van der Waals surface area contributed by atoms with Crippen LogP contribution in [0.1, 0.15) is 19.5 Å². The molecule has 0 spiro atoms. The lowest BCUT2D eigenvalue weighted by Gasteiger charge is -2.27. The van der Waals surface area contributed by atoms with E-state index in [4.69, 9.17) is 5.73 Å². The summed E-state index contributed by atoms with van der Waals surface area (Å²) in [7, 11) is 0. The molecule has 3 heteroatoms. The zero-order chi connectivity index (χ0) is 13.8. The lowest BCUT2D eigenvalue weighted by atomic mass is 10.1. The van der Waals surface area contributed by atoms with E-state index in [2.05, 4.69) is 48.0 Å². The fourth-order valence-corrected chi connectivity index (χ4v) is 2.45. The maximum absolute atomic E-state index is 5.77. The number of nitrogens with two attached hydrogens (primary N) is 1. The second-order valence-electron chi connectivity index (χ2n) is 5.43. The van der Waals surface area contributed by atoms with Crippen LogP contribution in [0.25, 0.3) is 10.9 Å². The summed E-state index contributed by atoms with van der Waals surface area (Å²) in [5.74, 6) is 0.610. The van der Waals surface area contributed by atoms with E-state index >= 15 is 0 Å². The fourth-order valence-electron chi connectivity index (χ4n) is 2.45. The van der Waals surface area contributed by atoms with Gasteiger partial charge in [-0.15, -0.1) is 0 Å². The highest BCUT2D eigenvalue weighted by Crippen LogP contribution is 2.27.